The quantitative estimate of drug-likeness (QED) is 0.425. The van der Waals surface area contributed by atoms with Gasteiger partial charge in [0.15, 0.2) is 5.82 Å². The third-order valence-electron chi connectivity index (χ3n) is 6.78. The van der Waals surface area contributed by atoms with E-state index in [0.29, 0.717) is 16.3 Å². The summed E-state index contributed by atoms with van der Waals surface area (Å²) in [7, 11) is 1.57. The van der Waals surface area contributed by atoms with E-state index in [9.17, 15) is 19.2 Å². The molecule has 1 unspecified atom stereocenters. The van der Waals surface area contributed by atoms with Crippen molar-refractivity contribution in [1.82, 2.24) is 20.5 Å². The average molecular weight is 540 g/mol. The molecule has 0 aliphatic carbocycles. The number of hydrogen-bond donors (Lipinski definition) is 3. The summed E-state index contributed by atoms with van der Waals surface area (Å²) in [5, 5.41) is 8.24. The van der Waals surface area contributed by atoms with Crippen LogP contribution in [0.25, 0.3) is 10.2 Å². The summed E-state index contributed by atoms with van der Waals surface area (Å²) in [6.07, 6.45) is 0.272. The van der Waals surface area contributed by atoms with Gasteiger partial charge in [0.25, 0.3) is 5.91 Å². The highest BCUT2D eigenvalue weighted by atomic mass is 32.1. The van der Waals surface area contributed by atoms with Gasteiger partial charge in [-0.3, -0.25) is 19.7 Å². The molecule has 5 amide bonds. The van der Waals surface area contributed by atoms with Crippen LogP contribution in [0.5, 0.6) is 5.75 Å². The second-order valence-electron chi connectivity index (χ2n) is 9.84. The van der Waals surface area contributed by atoms with Crippen LogP contribution >= 0.6 is 11.3 Å². The number of halogens is 1. The van der Waals surface area contributed by atoms with Gasteiger partial charge in [-0.25, -0.2) is 14.2 Å². The number of anilines is 1. The summed E-state index contributed by atoms with van der Waals surface area (Å²) < 4.78 is 21.8. The molecule has 3 N–H and O–H groups in total. The summed E-state index contributed by atoms with van der Waals surface area (Å²) >= 11 is 1.44. The fraction of sp³-hybridized carbons (Fsp3) is 0.346. The monoisotopic (exact) mass is 539 g/mol. The number of nitrogens with one attached hydrogen (secondary N) is 3. The van der Waals surface area contributed by atoms with Crippen molar-refractivity contribution in [2.75, 3.05) is 12.4 Å². The summed E-state index contributed by atoms with van der Waals surface area (Å²) in [6.45, 7) is 5.42. The SMILES string of the molecule is COc1ccc(C)c2sc(C(C)(C)NC(=O)Nc3ccc4c(c3F)CN(C3CCC(=O)NC3=O)C4=O)nc12. The van der Waals surface area contributed by atoms with Crippen LogP contribution in [0.3, 0.4) is 0 Å². The lowest BCUT2D eigenvalue weighted by atomic mass is 10.0. The predicted octanol–water partition coefficient (Wildman–Crippen LogP) is 3.57. The van der Waals surface area contributed by atoms with Crippen molar-refractivity contribution in [1.29, 1.82) is 0 Å². The van der Waals surface area contributed by atoms with Gasteiger partial charge in [0.05, 0.1) is 29.6 Å². The highest BCUT2D eigenvalue weighted by molar-refractivity contribution is 7.19. The Morgan fingerprint density at radius 3 is 2.71 bits per heavy atom. The van der Waals surface area contributed by atoms with Crippen molar-refractivity contribution < 1.29 is 28.3 Å². The van der Waals surface area contributed by atoms with Crippen molar-refractivity contribution >= 4 is 51.0 Å². The van der Waals surface area contributed by atoms with Crippen LogP contribution in [-0.2, 0) is 21.7 Å². The van der Waals surface area contributed by atoms with E-state index in [4.69, 9.17) is 9.72 Å². The average Bonchev–Trinajstić information content (AvgIpc) is 3.45. The Bertz CT molecular complexity index is 1520. The normalized spacial score (nSPS) is 17.4. The Labute approximate surface area is 221 Å². The number of amides is 5. The molecule has 198 valence electrons. The molecule has 3 aromatic rings. The summed E-state index contributed by atoms with van der Waals surface area (Å²) in [6, 6.07) is 5.02. The van der Waals surface area contributed by atoms with Gasteiger partial charge in [-0.2, -0.15) is 0 Å². The smallest absolute Gasteiger partial charge is 0.320 e. The van der Waals surface area contributed by atoms with E-state index >= 15 is 4.39 Å². The van der Waals surface area contributed by atoms with Crippen LogP contribution in [0.2, 0.25) is 0 Å². The Kier molecular flexibility index (Phi) is 6.30. The number of carbonyl (C=O) groups is 4. The molecule has 1 saturated heterocycles. The number of urea groups is 1. The third kappa shape index (κ3) is 4.34. The van der Waals surface area contributed by atoms with Crippen LogP contribution in [0.1, 0.15) is 53.2 Å². The van der Waals surface area contributed by atoms with Gasteiger partial charge in [0.1, 0.15) is 22.3 Å². The van der Waals surface area contributed by atoms with E-state index < -0.39 is 41.2 Å². The molecular weight excluding hydrogens is 513 g/mol. The maximum absolute atomic E-state index is 15.4. The maximum atomic E-state index is 15.4. The molecule has 0 saturated carbocycles. The molecule has 38 heavy (non-hydrogen) atoms. The minimum Gasteiger partial charge on any atom is -0.494 e. The predicted molar refractivity (Wildman–Crippen MR) is 139 cm³/mol. The van der Waals surface area contributed by atoms with Gasteiger partial charge < -0.3 is 20.3 Å². The van der Waals surface area contributed by atoms with Crippen molar-refractivity contribution in [3.8, 4) is 5.75 Å². The summed E-state index contributed by atoms with van der Waals surface area (Å²) in [5.41, 5.74) is 0.958. The second-order valence-corrected chi connectivity index (χ2v) is 10.8. The number of fused-ring (bicyclic) bond motifs is 2. The Morgan fingerprint density at radius 1 is 1.24 bits per heavy atom. The van der Waals surface area contributed by atoms with Gasteiger partial charge in [-0.1, -0.05) is 6.07 Å². The first-order valence-corrected chi connectivity index (χ1v) is 12.8. The Balaban J connectivity index is 1.33. The van der Waals surface area contributed by atoms with E-state index in [1.165, 1.54) is 28.4 Å². The number of rotatable bonds is 5. The van der Waals surface area contributed by atoms with Gasteiger partial charge >= 0.3 is 6.03 Å². The molecule has 0 radical (unpaired) electrons. The molecule has 5 rings (SSSR count). The minimum atomic E-state index is -0.892. The largest absolute Gasteiger partial charge is 0.494 e. The first kappa shape index (κ1) is 25.6. The molecule has 12 heteroatoms. The van der Waals surface area contributed by atoms with Gasteiger partial charge in [-0.15, -0.1) is 11.3 Å². The number of carbonyl (C=O) groups excluding carboxylic acids is 4. The number of nitrogens with zero attached hydrogens (tertiary/aromatic N) is 2. The van der Waals surface area contributed by atoms with E-state index in [0.717, 1.165) is 10.3 Å². The number of aryl methyl sites for hydroxylation is 1. The minimum absolute atomic E-state index is 0.0884. The molecule has 2 aromatic carbocycles. The van der Waals surface area contributed by atoms with Crippen LogP contribution in [0.15, 0.2) is 24.3 Å². The lowest BCUT2D eigenvalue weighted by molar-refractivity contribution is -0.136. The van der Waals surface area contributed by atoms with E-state index in [-0.39, 0.29) is 36.2 Å². The van der Waals surface area contributed by atoms with Crippen molar-refractivity contribution in [2.45, 2.75) is 51.7 Å². The fourth-order valence-corrected chi connectivity index (χ4v) is 5.84. The number of ether oxygens (including phenoxy) is 1. The summed E-state index contributed by atoms with van der Waals surface area (Å²) in [4.78, 5) is 55.4. The highest BCUT2D eigenvalue weighted by Crippen LogP contribution is 2.37. The number of hydrogen-bond acceptors (Lipinski definition) is 7. The van der Waals surface area contributed by atoms with Crippen LogP contribution < -0.4 is 20.7 Å². The lowest BCUT2D eigenvalue weighted by Crippen LogP contribution is -2.52. The Morgan fingerprint density at radius 2 is 2.00 bits per heavy atom. The van der Waals surface area contributed by atoms with E-state index in [1.807, 2.05) is 19.1 Å². The molecule has 1 aromatic heterocycles. The number of imide groups is 1. The number of piperidine rings is 1. The van der Waals surface area contributed by atoms with Crippen molar-refractivity contribution in [2.24, 2.45) is 0 Å². The zero-order valence-electron chi connectivity index (χ0n) is 21.2. The van der Waals surface area contributed by atoms with Crippen LogP contribution in [0, 0.1) is 12.7 Å². The molecule has 3 heterocycles. The van der Waals surface area contributed by atoms with Gasteiger partial charge in [0.2, 0.25) is 11.8 Å². The zero-order chi connectivity index (χ0) is 27.4. The Hall–Kier alpha value is -4.06. The topological polar surface area (TPSA) is 130 Å². The van der Waals surface area contributed by atoms with E-state index in [2.05, 4.69) is 16.0 Å². The number of benzene rings is 2. The first-order valence-electron chi connectivity index (χ1n) is 12.0. The van der Waals surface area contributed by atoms with Gasteiger partial charge in [-0.05, 0) is 51.0 Å². The lowest BCUT2D eigenvalue weighted by Gasteiger charge is -2.29. The zero-order valence-corrected chi connectivity index (χ0v) is 22.0. The highest BCUT2D eigenvalue weighted by Gasteiger charge is 2.40. The fourth-order valence-electron chi connectivity index (χ4n) is 4.73. The molecule has 10 nitrogen and oxygen atoms in total. The third-order valence-corrected chi connectivity index (χ3v) is 8.30. The maximum Gasteiger partial charge on any atom is 0.320 e. The molecule has 0 bridgehead atoms. The molecule has 0 spiro atoms. The van der Waals surface area contributed by atoms with Gasteiger partial charge in [0, 0.05) is 17.5 Å². The molecule has 2 aliphatic rings. The van der Waals surface area contributed by atoms with Crippen molar-refractivity contribution in [3.63, 3.8) is 0 Å². The second kappa shape index (κ2) is 9.35. The van der Waals surface area contributed by atoms with E-state index in [1.54, 1.807) is 21.0 Å². The van der Waals surface area contributed by atoms with Crippen molar-refractivity contribution in [3.05, 3.63) is 51.8 Å². The number of aromatic nitrogens is 1. The number of methoxy groups -OCH3 is 1. The van der Waals surface area contributed by atoms with Crippen LogP contribution in [0.4, 0.5) is 14.9 Å². The molecule has 1 fully saturated rings. The molecule has 2 aliphatic heterocycles. The molecule has 1 atom stereocenters. The molecular formula is C26H26FN5O5S. The first-order chi connectivity index (χ1) is 18.0. The summed E-state index contributed by atoms with van der Waals surface area (Å²) in [5.74, 6) is -1.59. The van der Waals surface area contributed by atoms with Crippen LogP contribution in [-0.4, -0.2) is 46.8 Å². The number of thiazole rings is 1. The standard InChI is InChI=1S/C26H26FN5O5S/c1-12-5-9-17(37-4)20-21(12)38-24(30-20)26(2,3)31-25(36)28-15-7-6-13-14(19(15)27)11-32(23(13)35)16-8-10-18(33)29-22(16)34/h5-7,9,16H,8,10-11H2,1-4H3,(H2,28,31,36)(H,29,33,34).